The minimum Gasteiger partial charge on any atom is -0.496 e. The molecule has 2 heterocycles. The highest BCUT2D eigenvalue weighted by Gasteiger charge is 2.21. The molecule has 0 amide bonds. The van der Waals surface area contributed by atoms with Gasteiger partial charge in [0.25, 0.3) is 0 Å². The molecular weight excluding hydrogens is 246 g/mol. The summed E-state index contributed by atoms with van der Waals surface area (Å²) in [4.78, 5) is 12.0. The SMILES string of the molecule is COc1cc(OC)c2c3c(c(=O)oc2c1)CNCC3. The molecule has 0 saturated heterocycles. The second-order valence-electron chi connectivity index (χ2n) is 4.48. The number of benzene rings is 1. The number of ether oxygens (including phenoxy) is 2. The standard InChI is InChI=1S/C14H15NO4/c1-17-8-5-11(18-2)13-9-3-4-15-7-10(9)14(16)19-12(13)6-8/h5-6,15H,3-4,7H2,1-2H3. The van der Waals surface area contributed by atoms with Gasteiger partial charge in [0.2, 0.25) is 0 Å². The highest BCUT2D eigenvalue weighted by molar-refractivity contribution is 5.89. The summed E-state index contributed by atoms with van der Waals surface area (Å²) < 4.78 is 16.0. The largest absolute Gasteiger partial charge is 0.496 e. The third kappa shape index (κ3) is 1.86. The van der Waals surface area contributed by atoms with Crippen LogP contribution < -0.4 is 20.4 Å². The van der Waals surface area contributed by atoms with Crippen molar-refractivity contribution in [2.45, 2.75) is 13.0 Å². The van der Waals surface area contributed by atoms with Crippen LogP contribution in [0, 0.1) is 0 Å². The van der Waals surface area contributed by atoms with Gasteiger partial charge in [-0.1, -0.05) is 0 Å². The number of nitrogens with one attached hydrogen (secondary N) is 1. The van der Waals surface area contributed by atoms with Gasteiger partial charge in [-0.25, -0.2) is 4.79 Å². The lowest BCUT2D eigenvalue weighted by molar-refractivity contribution is 0.395. The molecule has 19 heavy (non-hydrogen) atoms. The molecule has 0 radical (unpaired) electrons. The molecule has 0 aliphatic carbocycles. The van der Waals surface area contributed by atoms with Gasteiger partial charge in [-0.05, 0) is 18.5 Å². The van der Waals surface area contributed by atoms with Gasteiger partial charge in [-0.3, -0.25) is 0 Å². The predicted molar refractivity (Wildman–Crippen MR) is 71.0 cm³/mol. The minimum atomic E-state index is -0.287. The molecule has 1 aliphatic heterocycles. The molecule has 0 atom stereocenters. The number of fused-ring (bicyclic) bond motifs is 3. The van der Waals surface area contributed by atoms with E-state index in [1.165, 1.54) is 0 Å². The Morgan fingerprint density at radius 3 is 2.79 bits per heavy atom. The van der Waals surface area contributed by atoms with Crippen LogP contribution in [0.2, 0.25) is 0 Å². The summed E-state index contributed by atoms with van der Waals surface area (Å²) in [5, 5.41) is 4.06. The monoisotopic (exact) mass is 261 g/mol. The Balaban J connectivity index is 2.41. The van der Waals surface area contributed by atoms with Gasteiger partial charge >= 0.3 is 5.63 Å². The molecule has 1 N–H and O–H groups in total. The molecule has 100 valence electrons. The van der Waals surface area contributed by atoms with Crippen molar-refractivity contribution >= 4 is 11.0 Å². The van der Waals surface area contributed by atoms with E-state index in [0.29, 0.717) is 29.2 Å². The van der Waals surface area contributed by atoms with Gasteiger partial charge in [0, 0.05) is 18.7 Å². The van der Waals surface area contributed by atoms with Crippen LogP contribution in [-0.2, 0) is 13.0 Å². The molecule has 1 aliphatic rings. The van der Waals surface area contributed by atoms with Crippen LogP contribution >= 0.6 is 0 Å². The van der Waals surface area contributed by atoms with Crippen molar-refractivity contribution in [1.29, 1.82) is 0 Å². The number of rotatable bonds is 2. The molecule has 0 unspecified atom stereocenters. The summed E-state index contributed by atoms with van der Waals surface area (Å²) in [5.74, 6) is 1.29. The zero-order valence-corrected chi connectivity index (χ0v) is 10.9. The first-order chi connectivity index (χ1) is 9.24. The van der Waals surface area contributed by atoms with Gasteiger partial charge < -0.3 is 19.2 Å². The molecule has 1 aromatic carbocycles. The summed E-state index contributed by atoms with van der Waals surface area (Å²) in [6.07, 6.45) is 0.792. The van der Waals surface area contributed by atoms with Crippen molar-refractivity contribution in [2.75, 3.05) is 20.8 Å². The first-order valence-electron chi connectivity index (χ1n) is 6.16. The fourth-order valence-corrected chi connectivity index (χ4v) is 2.54. The molecule has 2 aromatic rings. The lowest BCUT2D eigenvalue weighted by Gasteiger charge is -2.19. The van der Waals surface area contributed by atoms with E-state index in [-0.39, 0.29) is 5.63 Å². The van der Waals surface area contributed by atoms with Crippen molar-refractivity contribution in [3.63, 3.8) is 0 Å². The lowest BCUT2D eigenvalue weighted by atomic mass is 9.98. The van der Waals surface area contributed by atoms with Crippen LogP contribution in [0.4, 0.5) is 0 Å². The zero-order chi connectivity index (χ0) is 13.4. The van der Waals surface area contributed by atoms with E-state index in [9.17, 15) is 4.79 Å². The van der Waals surface area contributed by atoms with E-state index in [1.54, 1.807) is 20.3 Å². The van der Waals surface area contributed by atoms with Gasteiger partial charge in [0.05, 0.1) is 25.2 Å². The van der Waals surface area contributed by atoms with Crippen molar-refractivity contribution in [2.24, 2.45) is 0 Å². The van der Waals surface area contributed by atoms with Crippen LogP contribution in [0.1, 0.15) is 11.1 Å². The molecule has 5 nitrogen and oxygen atoms in total. The molecule has 5 heteroatoms. The average Bonchev–Trinajstić information content (AvgIpc) is 2.46. The Morgan fingerprint density at radius 2 is 2.05 bits per heavy atom. The fraction of sp³-hybridized carbons (Fsp3) is 0.357. The maximum Gasteiger partial charge on any atom is 0.341 e. The maximum absolute atomic E-state index is 12.0. The van der Waals surface area contributed by atoms with Gasteiger partial charge in [0.15, 0.2) is 0 Å². The van der Waals surface area contributed by atoms with Gasteiger partial charge in [-0.2, -0.15) is 0 Å². The summed E-state index contributed by atoms with van der Waals surface area (Å²) in [6, 6.07) is 3.53. The Bertz CT molecular complexity index is 690. The molecule has 0 saturated carbocycles. The van der Waals surface area contributed by atoms with Crippen molar-refractivity contribution in [1.82, 2.24) is 5.32 Å². The van der Waals surface area contributed by atoms with E-state index in [2.05, 4.69) is 5.32 Å². The summed E-state index contributed by atoms with van der Waals surface area (Å²) in [7, 11) is 3.17. The zero-order valence-electron chi connectivity index (χ0n) is 10.9. The summed E-state index contributed by atoms with van der Waals surface area (Å²) >= 11 is 0. The third-order valence-corrected chi connectivity index (χ3v) is 3.46. The molecule has 0 bridgehead atoms. The maximum atomic E-state index is 12.0. The molecule has 1 aromatic heterocycles. The van der Waals surface area contributed by atoms with Crippen LogP contribution in [0.15, 0.2) is 21.3 Å². The van der Waals surface area contributed by atoms with Gasteiger partial charge in [-0.15, -0.1) is 0 Å². The van der Waals surface area contributed by atoms with E-state index >= 15 is 0 Å². The summed E-state index contributed by atoms with van der Waals surface area (Å²) in [5.41, 5.74) is 1.94. The summed E-state index contributed by atoms with van der Waals surface area (Å²) in [6.45, 7) is 1.39. The van der Waals surface area contributed by atoms with E-state index in [0.717, 1.165) is 23.9 Å². The minimum absolute atomic E-state index is 0.287. The molecule has 3 rings (SSSR count). The van der Waals surface area contributed by atoms with Gasteiger partial charge in [0.1, 0.15) is 17.1 Å². The van der Waals surface area contributed by atoms with E-state index in [1.807, 2.05) is 6.07 Å². The number of hydrogen-bond acceptors (Lipinski definition) is 5. The quantitative estimate of drug-likeness (QED) is 0.829. The molecule has 0 fully saturated rings. The number of hydrogen-bond donors (Lipinski definition) is 1. The number of methoxy groups -OCH3 is 2. The second kappa shape index (κ2) is 4.59. The lowest BCUT2D eigenvalue weighted by Crippen LogP contribution is -2.29. The first-order valence-corrected chi connectivity index (χ1v) is 6.16. The van der Waals surface area contributed by atoms with E-state index < -0.39 is 0 Å². The van der Waals surface area contributed by atoms with Crippen molar-refractivity contribution in [3.05, 3.63) is 33.7 Å². The predicted octanol–water partition coefficient (Wildman–Crippen LogP) is 1.46. The van der Waals surface area contributed by atoms with Crippen molar-refractivity contribution < 1.29 is 13.9 Å². The van der Waals surface area contributed by atoms with Crippen LogP contribution in [0.25, 0.3) is 11.0 Å². The second-order valence-corrected chi connectivity index (χ2v) is 4.48. The Morgan fingerprint density at radius 1 is 1.21 bits per heavy atom. The Kier molecular flexibility index (Phi) is 2.91. The Hall–Kier alpha value is -2.01. The smallest absolute Gasteiger partial charge is 0.341 e. The molecule has 0 spiro atoms. The average molecular weight is 261 g/mol. The van der Waals surface area contributed by atoms with Crippen LogP contribution in [-0.4, -0.2) is 20.8 Å². The fourth-order valence-electron chi connectivity index (χ4n) is 2.54. The van der Waals surface area contributed by atoms with Crippen molar-refractivity contribution in [3.8, 4) is 11.5 Å². The Labute approximate surface area is 110 Å². The topological polar surface area (TPSA) is 60.7 Å². The highest BCUT2D eigenvalue weighted by Crippen LogP contribution is 2.34. The van der Waals surface area contributed by atoms with Crippen LogP contribution in [0.3, 0.4) is 0 Å². The molecular formula is C14H15NO4. The van der Waals surface area contributed by atoms with E-state index in [4.69, 9.17) is 13.9 Å². The highest BCUT2D eigenvalue weighted by atomic mass is 16.5. The third-order valence-electron chi connectivity index (χ3n) is 3.46. The van der Waals surface area contributed by atoms with Crippen LogP contribution in [0.5, 0.6) is 11.5 Å². The normalized spacial score (nSPS) is 14.2. The first kappa shape index (κ1) is 12.0.